The molecule has 0 atom stereocenters. The summed E-state index contributed by atoms with van der Waals surface area (Å²) < 4.78 is 2.06. The summed E-state index contributed by atoms with van der Waals surface area (Å²) in [7, 11) is 1.80. The van der Waals surface area contributed by atoms with Crippen molar-refractivity contribution < 1.29 is 0 Å². The van der Waals surface area contributed by atoms with E-state index in [2.05, 4.69) is 50.3 Å². The van der Waals surface area contributed by atoms with Crippen LogP contribution < -0.4 is 10.6 Å². The molecule has 2 aromatic heterocycles. The van der Waals surface area contributed by atoms with Crippen LogP contribution in [0, 0.1) is 13.8 Å². The summed E-state index contributed by atoms with van der Waals surface area (Å²) in [5.41, 5.74) is 2.29. The second-order valence-electron chi connectivity index (χ2n) is 5.75. The molecule has 0 bridgehead atoms. The van der Waals surface area contributed by atoms with Gasteiger partial charge in [-0.1, -0.05) is 6.92 Å². The second-order valence-corrected chi connectivity index (χ2v) is 6.95. The molecule has 0 amide bonds. The average molecular weight is 476 g/mol. The van der Waals surface area contributed by atoms with Crippen molar-refractivity contribution in [2.24, 2.45) is 4.99 Å². The Balaban J connectivity index is 0.00000312. The molecule has 2 heterocycles. The van der Waals surface area contributed by atoms with Gasteiger partial charge in [-0.2, -0.15) is 5.10 Å². The number of guanidine groups is 1. The lowest BCUT2D eigenvalue weighted by atomic mass is 10.4. The Morgan fingerprint density at radius 1 is 1.28 bits per heavy atom. The number of hydrogen-bond acceptors (Lipinski definition) is 4. The maximum atomic E-state index is 4.48. The van der Waals surface area contributed by atoms with Crippen LogP contribution in [0.2, 0.25) is 0 Å². The minimum absolute atomic E-state index is 0. The van der Waals surface area contributed by atoms with Crippen LogP contribution in [0.4, 0.5) is 0 Å². The molecule has 2 aromatic rings. The predicted octanol–water partition coefficient (Wildman–Crippen LogP) is 2.93. The van der Waals surface area contributed by atoms with E-state index < -0.39 is 0 Å². The van der Waals surface area contributed by atoms with E-state index in [-0.39, 0.29) is 24.0 Å². The SMILES string of the molecule is CCc1cnc(CCNC(=NC)NCCCn2nc(C)cc2C)s1.I. The van der Waals surface area contributed by atoms with Crippen molar-refractivity contribution in [2.75, 3.05) is 20.1 Å². The van der Waals surface area contributed by atoms with Gasteiger partial charge in [0.05, 0.1) is 10.7 Å². The molecule has 0 unspecified atom stereocenters. The third-order valence-electron chi connectivity index (χ3n) is 3.75. The van der Waals surface area contributed by atoms with Crippen molar-refractivity contribution >= 4 is 41.3 Å². The molecule has 0 aliphatic carbocycles. The first-order valence-electron chi connectivity index (χ1n) is 8.51. The summed E-state index contributed by atoms with van der Waals surface area (Å²) in [6, 6.07) is 2.11. The van der Waals surface area contributed by atoms with E-state index in [0.29, 0.717) is 0 Å². The zero-order valence-electron chi connectivity index (χ0n) is 15.5. The number of hydrogen-bond donors (Lipinski definition) is 2. The van der Waals surface area contributed by atoms with Crippen molar-refractivity contribution in [3.05, 3.63) is 33.5 Å². The number of thiazole rings is 1. The fourth-order valence-corrected chi connectivity index (χ4v) is 3.33. The van der Waals surface area contributed by atoms with Crippen molar-refractivity contribution in [2.45, 2.75) is 46.6 Å². The number of aromatic nitrogens is 3. The topological polar surface area (TPSA) is 67.1 Å². The quantitative estimate of drug-likeness (QED) is 0.266. The molecule has 2 rings (SSSR count). The normalized spacial score (nSPS) is 11.3. The summed E-state index contributed by atoms with van der Waals surface area (Å²) in [5, 5.41) is 12.3. The van der Waals surface area contributed by atoms with E-state index in [1.165, 1.54) is 15.6 Å². The lowest BCUT2D eigenvalue weighted by molar-refractivity contribution is 0.555. The van der Waals surface area contributed by atoms with Crippen LogP contribution in [0.1, 0.15) is 34.6 Å². The van der Waals surface area contributed by atoms with Gasteiger partial charge in [0.1, 0.15) is 0 Å². The lowest BCUT2D eigenvalue weighted by Gasteiger charge is -2.11. The molecule has 2 N–H and O–H groups in total. The van der Waals surface area contributed by atoms with Crippen LogP contribution in [0.25, 0.3) is 0 Å². The van der Waals surface area contributed by atoms with Gasteiger partial charge in [-0.05, 0) is 32.8 Å². The molecule has 0 aliphatic rings. The molecule has 25 heavy (non-hydrogen) atoms. The molecule has 140 valence electrons. The summed E-state index contributed by atoms with van der Waals surface area (Å²) >= 11 is 1.79. The Morgan fingerprint density at radius 3 is 2.64 bits per heavy atom. The van der Waals surface area contributed by atoms with E-state index in [1.807, 2.05) is 13.1 Å². The average Bonchev–Trinajstić information content (AvgIpc) is 3.15. The summed E-state index contributed by atoms with van der Waals surface area (Å²) in [4.78, 5) is 10.0. The molecule has 0 aliphatic heterocycles. The van der Waals surface area contributed by atoms with Crippen LogP contribution in [0.5, 0.6) is 0 Å². The van der Waals surface area contributed by atoms with Gasteiger partial charge in [0.2, 0.25) is 0 Å². The first-order chi connectivity index (χ1) is 11.6. The molecule has 0 fully saturated rings. The molecule has 0 spiro atoms. The smallest absolute Gasteiger partial charge is 0.190 e. The highest BCUT2D eigenvalue weighted by Gasteiger charge is 2.03. The van der Waals surface area contributed by atoms with Gasteiger partial charge < -0.3 is 10.6 Å². The Morgan fingerprint density at radius 2 is 2.04 bits per heavy atom. The van der Waals surface area contributed by atoms with Crippen molar-refractivity contribution in [3.8, 4) is 0 Å². The van der Waals surface area contributed by atoms with Gasteiger partial charge >= 0.3 is 0 Å². The first kappa shape index (κ1) is 21.9. The van der Waals surface area contributed by atoms with Gasteiger partial charge in [0, 0.05) is 49.9 Å². The zero-order valence-corrected chi connectivity index (χ0v) is 18.6. The monoisotopic (exact) mass is 476 g/mol. The van der Waals surface area contributed by atoms with Gasteiger partial charge in [-0.25, -0.2) is 4.98 Å². The predicted molar refractivity (Wildman–Crippen MR) is 116 cm³/mol. The molecular weight excluding hydrogens is 447 g/mol. The van der Waals surface area contributed by atoms with Crippen LogP contribution in [-0.2, 0) is 19.4 Å². The Hall–Kier alpha value is -1.16. The van der Waals surface area contributed by atoms with Crippen LogP contribution in [-0.4, -0.2) is 40.9 Å². The van der Waals surface area contributed by atoms with Gasteiger partial charge in [-0.3, -0.25) is 9.67 Å². The largest absolute Gasteiger partial charge is 0.356 e. The second kappa shape index (κ2) is 11.5. The molecular formula is C17H29IN6S. The van der Waals surface area contributed by atoms with E-state index >= 15 is 0 Å². The van der Waals surface area contributed by atoms with E-state index in [0.717, 1.165) is 50.6 Å². The number of aliphatic imine (C=N–C) groups is 1. The third-order valence-corrected chi connectivity index (χ3v) is 4.95. The third kappa shape index (κ3) is 7.31. The lowest BCUT2D eigenvalue weighted by Crippen LogP contribution is -2.39. The highest BCUT2D eigenvalue weighted by Crippen LogP contribution is 2.13. The Kier molecular flexibility index (Phi) is 10.0. The number of rotatable bonds is 8. The first-order valence-corrected chi connectivity index (χ1v) is 9.33. The maximum Gasteiger partial charge on any atom is 0.190 e. The molecule has 0 saturated carbocycles. The van der Waals surface area contributed by atoms with Gasteiger partial charge in [0.15, 0.2) is 5.96 Å². The van der Waals surface area contributed by atoms with Crippen molar-refractivity contribution in [1.29, 1.82) is 0 Å². The van der Waals surface area contributed by atoms with Crippen LogP contribution in [0.3, 0.4) is 0 Å². The maximum absolute atomic E-state index is 4.48. The Bertz CT molecular complexity index is 664. The fraction of sp³-hybridized carbons (Fsp3) is 0.588. The molecule has 0 aromatic carbocycles. The van der Waals surface area contributed by atoms with E-state index in [4.69, 9.17) is 0 Å². The number of nitrogens with one attached hydrogen (secondary N) is 2. The van der Waals surface area contributed by atoms with E-state index in [1.54, 1.807) is 18.4 Å². The number of aryl methyl sites for hydroxylation is 4. The van der Waals surface area contributed by atoms with Crippen LogP contribution >= 0.6 is 35.3 Å². The minimum atomic E-state index is 0. The highest BCUT2D eigenvalue weighted by atomic mass is 127. The highest BCUT2D eigenvalue weighted by molar-refractivity contribution is 14.0. The molecule has 0 saturated heterocycles. The van der Waals surface area contributed by atoms with Crippen molar-refractivity contribution in [1.82, 2.24) is 25.4 Å². The van der Waals surface area contributed by atoms with Crippen LogP contribution in [0.15, 0.2) is 17.3 Å². The Labute approximate surface area is 171 Å². The number of nitrogens with zero attached hydrogens (tertiary/aromatic N) is 4. The van der Waals surface area contributed by atoms with E-state index in [9.17, 15) is 0 Å². The van der Waals surface area contributed by atoms with Crippen molar-refractivity contribution in [3.63, 3.8) is 0 Å². The van der Waals surface area contributed by atoms with Gasteiger partial charge in [-0.15, -0.1) is 35.3 Å². The molecule has 6 nitrogen and oxygen atoms in total. The van der Waals surface area contributed by atoms with Gasteiger partial charge in [0.25, 0.3) is 0 Å². The zero-order chi connectivity index (χ0) is 17.4. The summed E-state index contributed by atoms with van der Waals surface area (Å²) in [6.45, 7) is 8.91. The number of halogens is 1. The standard InChI is InChI=1S/C17H28N6S.HI/c1-5-15-12-21-16(24-15)7-9-20-17(18-4)19-8-6-10-23-14(3)11-13(2)22-23;/h11-12H,5-10H2,1-4H3,(H2,18,19,20);1H. The summed E-state index contributed by atoms with van der Waals surface area (Å²) in [5.74, 6) is 0.843. The molecule has 8 heteroatoms. The fourth-order valence-electron chi connectivity index (χ4n) is 2.47. The minimum Gasteiger partial charge on any atom is -0.356 e. The summed E-state index contributed by atoms with van der Waals surface area (Å²) in [6.07, 6.45) is 4.97. The molecule has 0 radical (unpaired) electrons.